The Morgan fingerprint density at radius 1 is 1.28 bits per heavy atom. The number of rotatable bonds is 2. The molecule has 0 saturated carbocycles. The summed E-state index contributed by atoms with van der Waals surface area (Å²) in [7, 11) is 0. The minimum Gasteiger partial charge on any atom is -0.360 e. The summed E-state index contributed by atoms with van der Waals surface area (Å²) >= 11 is 0. The Hall–Kier alpha value is -2.07. The molecule has 2 heterocycles. The normalized spacial score (nSPS) is 13.1. The highest BCUT2D eigenvalue weighted by Gasteiger charge is 2.14. The fourth-order valence-corrected chi connectivity index (χ4v) is 2.23. The van der Waals surface area contributed by atoms with Crippen molar-refractivity contribution < 1.29 is 0 Å². The van der Waals surface area contributed by atoms with Gasteiger partial charge in [0.05, 0.1) is 11.7 Å². The van der Waals surface area contributed by atoms with Gasteiger partial charge in [0.1, 0.15) is 5.82 Å². The largest absolute Gasteiger partial charge is 0.360 e. The van der Waals surface area contributed by atoms with Gasteiger partial charge in [-0.25, -0.2) is 4.98 Å². The number of hydrogen-bond donors (Lipinski definition) is 3. The van der Waals surface area contributed by atoms with E-state index in [0.717, 1.165) is 28.3 Å². The summed E-state index contributed by atoms with van der Waals surface area (Å²) in [6.45, 7) is 3.95. The second-order valence-electron chi connectivity index (χ2n) is 4.63. The number of aromatic nitrogens is 3. The third-order valence-electron chi connectivity index (χ3n) is 3.18. The summed E-state index contributed by atoms with van der Waals surface area (Å²) in [6.07, 6.45) is 2.00. The average Bonchev–Trinajstić information content (AvgIpc) is 2.92. The van der Waals surface area contributed by atoms with E-state index in [0.29, 0.717) is 0 Å². The highest BCUT2D eigenvalue weighted by molar-refractivity contribution is 5.95. The van der Waals surface area contributed by atoms with Crippen molar-refractivity contribution in [2.24, 2.45) is 5.73 Å². The fraction of sp³-hybridized carbons (Fsp3) is 0.214. The molecule has 0 saturated heterocycles. The number of fused-ring (bicyclic) bond motifs is 1. The summed E-state index contributed by atoms with van der Waals surface area (Å²) in [5.74, 6) is 0.827. The van der Waals surface area contributed by atoms with Crippen LogP contribution >= 0.6 is 0 Å². The monoisotopic (exact) mass is 240 g/mol. The van der Waals surface area contributed by atoms with Crippen LogP contribution in [0.3, 0.4) is 0 Å². The van der Waals surface area contributed by atoms with Crippen LogP contribution < -0.4 is 5.73 Å². The zero-order chi connectivity index (χ0) is 12.7. The maximum Gasteiger partial charge on any atom is 0.123 e. The zero-order valence-electron chi connectivity index (χ0n) is 10.5. The van der Waals surface area contributed by atoms with Gasteiger partial charge < -0.3 is 15.7 Å². The molecule has 3 rings (SSSR count). The van der Waals surface area contributed by atoms with Crippen molar-refractivity contribution in [1.29, 1.82) is 0 Å². The minimum atomic E-state index is -0.0809. The number of aryl methyl sites for hydroxylation is 1. The first-order valence-corrected chi connectivity index (χ1v) is 6.05. The quantitative estimate of drug-likeness (QED) is 0.644. The van der Waals surface area contributed by atoms with Gasteiger partial charge in [-0.2, -0.15) is 0 Å². The van der Waals surface area contributed by atoms with Gasteiger partial charge in [0.2, 0.25) is 0 Å². The number of benzene rings is 1. The highest BCUT2D eigenvalue weighted by atomic mass is 15.0. The molecule has 4 nitrogen and oxygen atoms in total. The third-order valence-corrected chi connectivity index (χ3v) is 3.18. The molecule has 0 aliphatic rings. The minimum absolute atomic E-state index is 0.0809. The van der Waals surface area contributed by atoms with E-state index in [4.69, 9.17) is 5.73 Å². The lowest BCUT2D eigenvalue weighted by molar-refractivity contribution is 0.754. The molecule has 0 spiro atoms. The summed E-state index contributed by atoms with van der Waals surface area (Å²) < 4.78 is 0. The Balaban J connectivity index is 2.20. The number of nitrogens with zero attached hydrogens (tertiary/aromatic N) is 1. The lowest BCUT2D eigenvalue weighted by Gasteiger charge is -1.97. The van der Waals surface area contributed by atoms with Crippen LogP contribution in [0.5, 0.6) is 0 Å². The van der Waals surface area contributed by atoms with E-state index in [-0.39, 0.29) is 6.04 Å². The van der Waals surface area contributed by atoms with Gasteiger partial charge in [-0.05, 0) is 19.9 Å². The van der Waals surface area contributed by atoms with Crippen molar-refractivity contribution in [2.75, 3.05) is 0 Å². The van der Waals surface area contributed by atoms with Crippen molar-refractivity contribution in [3.63, 3.8) is 0 Å². The molecule has 0 amide bonds. The number of imidazole rings is 1. The Morgan fingerprint density at radius 3 is 2.78 bits per heavy atom. The SMILES string of the molecule is Cc1[nH]c(C(C)N)nc1-c1c[nH]c2ccccc12. The first kappa shape index (κ1) is 11.0. The van der Waals surface area contributed by atoms with Gasteiger partial charge in [-0.1, -0.05) is 18.2 Å². The van der Waals surface area contributed by atoms with E-state index < -0.39 is 0 Å². The first-order chi connectivity index (χ1) is 8.66. The molecular weight excluding hydrogens is 224 g/mol. The first-order valence-electron chi connectivity index (χ1n) is 6.05. The number of nitrogens with two attached hydrogens (primary N) is 1. The van der Waals surface area contributed by atoms with Crippen LogP contribution in [0.4, 0.5) is 0 Å². The number of hydrogen-bond acceptors (Lipinski definition) is 2. The Kier molecular flexibility index (Phi) is 2.45. The summed E-state index contributed by atoms with van der Waals surface area (Å²) in [6, 6.07) is 8.14. The van der Waals surface area contributed by atoms with Crippen LogP contribution in [0.1, 0.15) is 24.5 Å². The Bertz CT molecular complexity index is 691. The molecule has 0 radical (unpaired) electrons. The average molecular weight is 240 g/mol. The van der Waals surface area contributed by atoms with Crippen LogP contribution in [0.2, 0.25) is 0 Å². The van der Waals surface area contributed by atoms with Gasteiger partial charge in [-0.3, -0.25) is 0 Å². The number of nitrogens with one attached hydrogen (secondary N) is 2. The summed E-state index contributed by atoms with van der Waals surface area (Å²) in [5.41, 5.74) is 10.1. The molecule has 18 heavy (non-hydrogen) atoms. The van der Waals surface area contributed by atoms with Gasteiger partial charge >= 0.3 is 0 Å². The third kappa shape index (κ3) is 1.62. The molecule has 1 aromatic carbocycles. The van der Waals surface area contributed by atoms with Crippen LogP contribution in [0, 0.1) is 6.92 Å². The molecule has 92 valence electrons. The van der Waals surface area contributed by atoms with Gasteiger partial charge in [0, 0.05) is 28.4 Å². The molecule has 0 aliphatic heterocycles. The van der Waals surface area contributed by atoms with Crippen LogP contribution in [0.25, 0.3) is 22.2 Å². The van der Waals surface area contributed by atoms with Crippen molar-refractivity contribution in [1.82, 2.24) is 15.0 Å². The van der Waals surface area contributed by atoms with Crippen molar-refractivity contribution in [3.8, 4) is 11.3 Å². The Morgan fingerprint density at radius 2 is 2.06 bits per heavy atom. The molecule has 2 aromatic heterocycles. The standard InChI is InChI=1S/C14H16N4/c1-8(15)14-17-9(2)13(18-14)11-7-16-12-6-4-3-5-10(11)12/h3-8,16H,15H2,1-2H3,(H,17,18). The molecule has 1 unspecified atom stereocenters. The Labute approximate surface area is 105 Å². The van der Waals surface area contributed by atoms with Crippen molar-refractivity contribution in [2.45, 2.75) is 19.9 Å². The maximum atomic E-state index is 5.86. The molecule has 4 heteroatoms. The fourth-order valence-electron chi connectivity index (χ4n) is 2.23. The molecular formula is C14H16N4. The predicted molar refractivity (Wildman–Crippen MR) is 73.2 cm³/mol. The smallest absolute Gasteiger partial charge is 0.123 e. The summed E-state index contributed by atoms with van der Waals surface area (Å²) in [4.78, 5) is 11.1. The van der Waals surface area contributed by atoms with Crippen LogP contribution in [0.15, 0.2) is 30.5 Å². The van der Waals surface area contributed by atoms with E-state index in [1.807, 2.05) is 32.2 Å². The summed E-state index contributed by atoms with van der Waals surface area (Å²) in [5, 5.41) is 1.18. The van der Waals surface area contributed by atoms with E-state index in [9.17, 15) is 0 Å². The molecule has 4 N–H and O–H groups in total. The molecule has 0 fully saturated rings. The lowest BCUT2D eigenvalue weighted by atomic mass is 10.1. The van der Waals surface area contributed by atoms with Crippen LogP contribution in [-0.2, 0) is 0 Å². The van der Waals surface area contributed by atoms with Crippen LogP contribution in [-0.4, -0.2) is 15.0 Å². The van der Waals surface area contributed by atoms with Gasteiger partial charge in [0.25, 0.3) is 0 Å². The predicted octanol–water partition coefficient (Wildman–Crippen LogP) is 2.89. The van der Waals surface area contributed by atoms with E-state index in [1.54, 1.807) is 0 Å². The van der Waals surface area contributed by atoms with Gasteiger partial charge in [-0.15, -0.1) is 0 Å². The molecule has 0 aliphatic carbocycles. The number of para-hydroxylation sites is 1. The molecule has 0 bridgehead atoms. The van der Waals surface area contributed by atoms with Gasteiger partial charge in [0.15, 0.2) is 0 Å². The van der Waals surface area contributed by atoms with E-state index in [2.05, 4.69) is 27.1 Å². The number of aromatic amines is 2. The zero-order valence-corrected chi connectivity index (χ0v) is 10.5. The maximum absolute atomic E-state index is 5.86. The lowest BCUT2D eigenvalue weighted by Crippen LogP contribution is -2.06. The topological polar surface area (TPSA) is 70.5 Å². The molecule has 3 aromatic rings. The van der Waals surface area contributed by atoms with E-state index >= 15 is 0 Å². The van der Waals surface area contributed by atoms with E-state index in [1.165, 1.54) is 5.39 Å². The van der Waals surface area contributed by atoms with Crippen molar-refractivity contribution >= 4 is 10.9 Å². The van der Waals surface area contributed by atoms with Crippen molar-refractivity contribution in [3.05, 3.63) is 42.0 Å². The second-order valence-corrected chi connectivity index (χ2v) is 4.63. The number of H-pyrrole nitrogens is 2. The second kappa shape index (κ2) is 3.99. The highest BCUT2D eigenvalue weighted by Crippen LogP contribution is 2.29. The molecule has 1 atom stereocenters.